The van der Waals surface area contributed by atoms with Crippen LogP contribution in [0.3, 0.4) is 0 Å². The molecule has 6 atom stereocenters. The number of unbranched alkanes of at least 4 members (excludes halogenated alkanes) is 13. The number of carbonyl (C=O) groups is 16. The molecule has 0 aromatic carbocycles. The summed E-state index contributed by atoms with van der Waals surface area (Å²) in [7, 11) is 5.20. The van der Waals surface area contributed by atoms with Crippen molar-refractivity contribution in [3.8, 4) is 0 Å². The fraction of sp³-hybridized carbons (Fsp3) is 0.733. The molecule has 0 aromatic rings. The van der Waals surface area contributed by atoms with Crippen LogP contribution in [-0.4, -0.2) is 235 Å². The first-order valence-electron chi connectivity index (χ1n) is 32.2. The third-order valence-electron chi connectivity index (χ3n) is 14.2. The highest BCUT2D eigenvalue weighted by molar-refractivity contribution is 6.59. The number of aliphatic carboxylic acids is 6. The molecule has 0 saturated heterocycles. The number of ether oxygens (including phenoxy) is 4. The summed E-state index contributed by atoms with van der Waals surface area (Å²) in [6.45, 7) is -0.282. The van der Waals surface area contributed by atoms with Gasteiger partial charge in [0.05, 0.1) is 51.4 Å². The Bertz CT molecular complexity index is 2480. The highest BCUT2D eigenvalue weighted by Gasteiger charge is 2.29. The van der Waals surface area contributed by atoms with Crippen LogP contribution in [0.4, 0.5) is 0 Å². The second-order valence-corrected chi connectivity index (χ2v) is 22.4. The SMILES string of the molecule is [B]C(=O)[C@H](CCC(N)=O)NC(=O)COCCOCCNC(=O)COCCOCCNC(=O)CC[C@@H](NC(=O)CC[C@H](NC(=O)CC[C@@H](NC(=O)CC[C@H](NC(=O)CC[C@@H](NC(=O)CCCCCCCCCCCCCCCCC(=O)O)C(=O)O)C(=O)O)C(=O)O)C(=O)O)C(=O)O. The fourth-order valence-electron chi connectivity index (χ4n) is 8.92. The van der Waals surface area contributed by atoms with Gasteiger partial charge in [-0.15, -0.1) is 0 Å². The Hall–Kier alpha value is -8.38. The van der Waals surface area contributed by atoms with E-state index in [-0.39, 0.29) is 104 Å². The molecule has 0 unspecified atom stereocenters. The van der Waals surface area contributed by atoms with E-state index < -0.39 is 182 Å². The average Bonchev–Trinajstić information content (AvgIpc) is 1.42. The topological polar surface area (TPSA) is 554 Å². The molecule has 0 saturated carbocycles. The normalized spacial score (nSPS) is 12.8. The average molecular weight is 1370 g/mol. The summed E-state index contributed by atoms with van der Waals surface area (Å²) in [5.74, 6) is -15.3. The van der Waals surface area contributed by atoms with Crippen molar-refractivity contribution in [1.29, 1.82) is 0 Å². The van der Waals surface area contributed by atoms with Gasteiger partial charge in [-0.3, -0.25) is 47.9 Å². The van der Waals surface area contributed by atoms with Crippen molar-refractivity contribution in [2.75, 3.05) is 65.9 Å². The van der Waals surface area contributed by atoms with Gasteiger partial charge in [-0.25, -0.2) is 24.0 Å². The fourth-order valence-corrected chi connectivity index (χ4v) is 8.92. The van der Waals surface area contributed by atoms with Crippen LogP contribution < -0.4 is 48.3 Å². The predicted octanol–water partition coefficient (Wildman–Crippen LogP) is -1.20. The van der Waals surface area contributed by atoms with E-state index in [1.807, 2.05) is 0 Å². The van der Waals surface area contributed by atoms with Gasteiger partial charge < -0.3 is 103 Å². The number of carbonyl (C=O) groups excluding carboxylic acids is 10. The monoisotopic (exact) mass is 1370 g/mol. The smallest absolute Gasteiger partial charge is 0.326 e. The lowest BCUT2D eigenvalue weighted by molar-refractivity contribution is -0.144. The molecule has 0 heterocycles. The molecule has 96 heavy (non-hydrogen) atoms. The van der Waals surface area contributed by atoms with Gasteiger partial charge in [0.1, 0.15) is 43.4 Å². The van der Waals surface area contributed by atoms with E-state index >= 15 is 0 Å². The zero-order valence-electron chi connectivity index (χ0n) is 54.3. The Morgan fingerprint density at radius 3 is 0.865 bits per heavy atom. The first-order chi connectivity index (χ1) is 45.6. The maximum Gasteiger partial charge on any atom is 0.326 e. The maximum atomic E-state index is 12.7. The van der Waals surface area contributed by atoms with Crippen LogP contribution in [0.2, 0.25) is 0 Å². The second-order valence-electron chi connectivity index (χ2n) is 22.4. The first-order valence-corrected chi connectivity index (χ1v) is 32.2. The first kappa shape index (κ1) is 87.6. The van der Waals surface area contributed by atoms with Crippen LogP contribution in [0.1, 0.15) is 180 Å². The van der Waals surface area contributed by atoms with Crippen LogP contribution in [0.5, 0.6) is 0 Å². The lowest BCUT2D eigenvalue weighted by Crippen LogP contribution is -2.46. The minimum Gasteiger partial charge on any atom is -0.481 e. The Morgan fingerprint density at radius 2 is 0.552 bits per heavy atom. The molecule has 0 aromatic heterocycles. The molecule has 0 rings (SSSR count). The Morgan fingerprint density at radius 1 is 0.292 bits per heavy atom. The summed E-state index contributed by atoms with van der Waals surface area (Å²) in [6, 6.07) is -9.26. The lowest BCUT2D eigenvalue weighted by atomic mass is 9.92. The van der Waals surface area contributed by atoms with Gasteiger partial charge in [0.25, 0.3) is 0 Å². The van der Waals surface area contributed by atoms with Crippen molar-refractivity contribution < 1.29 is 126 Å². The van der Waals surface area contributed by atoms with Crippen LogP contribution in [-0.2, 0) is 95.7 Å². The molecule has 542 valence electrons. The molecule has 35 nitrogen and oxygen atoms in total. The van der Waals surface area contributed by atoms with Crippen molar-refractivity contribution in [2.24, 2.45) is 5.73 Å². The third-order valence-corrected chi connectivity index (χ3v) is 14.2. The number of nitrogens with one attached hydrogen (secondary N) is 8. The van der Waals surface area contributed by atoms with Crippen LogP contribution in [0.15, 0.2) is 0 Å². The summed E-state index contributed by atoms with van der Waals surface area (Å²) in [5.41, 5.74) is 4.21. The van der Waals surface area contributed by atoms with E-state index in [4.69, 9.17) is 37.6 Å². The lowest BCUT2D eigenvalue weighted by Gasteiger charge is -2.19. The molecule has 0 aliphatic rings. The molecule has 9 amide bonds. The predicted molar refractivity (Wildman–Crippen MR) is 336 cm³/mol. The Labute approximate surface area is 557 Å². The van der Waals surface area contributed by atoms with Gasteiger partial charge in [-0.2, -0.15) is 0 Å². The van der Waals surface area contributed by atoms with E-state index in [1.165, 1.54) is 0 Å². The number of hydrogen-bond donors (Lipinski definition) is 15. The quantitative estimate of drug-likeness (QED) is 0.0251. The summed E-state index contributed by atoms with van der Waals surface area (Å²) in [5, 5.41) is 75.4. The number of hydrogen-bond acceptors (Lipinski definition) is 20. The molecular formula is C60H98BN9O26. The van der Waals surface area contributed by atoms with Gasteiger partial charge in [0.2, 0.25) is 53.2 Å². The number of nitrogens with two attached hydrogens (primary N) is 1. The summed E-state index contributed by atoms with van der Waals surface area (Å²) in [6.07, 6.45) is 8.54. The van der Waals surface area contributed by atoms with Crippen LogP contribution >= 0.6 is 0 Å². The minimum absolute atomic E-state index is 0.00278. The van der Waals surface area contributed by atoms with Gasteiger partial charge >= 0.3 is 35.8 Å². The highest BCUT2D eigenvalue weighted by atomic mass is 16.5. The maximum absolute atomic E-state index is 12.7. The molecule has 2 radical (unpaired) electrons. The van der Waals surface area contributed by atoms with E-state index in [9.17, 15) is 102 Å². The second kappa shape index (κ2) is 54.8. The molecule has 0 fully saturated rings. The van der Waals surface area contributed by atoms with E-state index in [0.29, 0.717) is 6.42 Å². The number of primary amides is 1. The zero-order chi connectivity index (χ0) is 72.1. The number of carboxylic acids is 6. The molecule has 36 heteroatoms. The number of amides is 9. The summed E-state index contributed by atoms with van der Waals surface area (Å²) >= 11 is 0. The summed E-state index contributed by atoms with van der Waals surface area (Å²) < 4.78 is 21.0. The van der Waals surface area contributed by atoms with E-state index in [0.717, 1.165) is 83.5 Å². The molecule has 16 N–H and O–H groups in total. The molecule has 0 bridgehead atoms. The van der Waals surface area contributed by atoms with Gasteiger partial charge in [0, 0.05) is 64.5 Å². The Balaban J connectivity index is 4.54. The largest absolute Gasteiger partial charge is 0.481 e. The van der Waals surface area contributed by atoms with Gasteiger partial charge in [-0.05, 0) is 51.4 Å². The molecule has 0 aliphatic carbocycles. The molecular weight excluding hydrogens is 1270 g/mol. The summed E-state index contributed by atoms with van der Waals surface area (Å²) in [4.78, 5) is 192. The van der Waals surface area contributed by atoms with Crippen molar-refractivity contribution in [3.63, 3.8) is 0 Å². The van der Waals surface area contributed by atoms with Crippen molar-refractivity contribution in [3.05, 3.63) is 0 Å². The van der Waals surface area contributed by atoms with E-state index in [1.54, 1.807) is 0 Å². The van der Waals surface area contributed by atoms with Crippen molar-refractivity contribution in [2.45, 2.75) is 216 Å². The standard InChI is InChI=1S/C60H98BN9O26/c61-55(82)39(17-23-45(62)71)65-53(79)38-96-36-34-94-32-30-64-52(78)37-95-35-33-93-31-29-63-46(72)24-18-40(56(83)84)67-48(74)26-20-42(58(87)88)69-50(76)28-22-44(60(91)92)70-51(77)27-21-43(59(89)90)68-49(75)25-19-41(57(85)86)66-47(73)15-13-11-9-7-5-3-1-2-4-6-8-10-12-14-16-54(80)81/h39-44H,1-38H2,(H2,62,71)(H,63,72)(H,64,78)(H,65,79)(H,66,73)(H,67,74)(H,68,75)(H,69,76)(H,70,77)(H,80,81)(H,83,84)(H,85,86)(H,87,88)(H,89,90)(H,91,92)/t39-,40+,41+,42-,43-,44+/m0/s1. The van der Waals surface area contributed by atoms with Gasteiger partial charge in [0.15, 0.2) is 7.85 Å². The van der Waals surface area contributed by atoms with E-state index in [2.05, 4.69) is 42.5 Å². The molecule has 0 spiro atoms. The molecule has 0 aliphatic heterocycles. The minimum atomic E-state index is -1.74. The van der Waals surface area contributed by atoms with Crippen molar-refractivity contribution >= 4 is 103 Å². The van der Waals surface area contributed by atoms with Crippen molar-refractivity contribution in [1.82, 2.24) is 42.5 Å². The van der Waals surface area contributed by atoms with Crippen LogP contribution in [0.25, 0.3) is 0 Å². The number of carboxylic acid groups (broad SMARTS) is 6. The zero-order valence-corrected chi connectivity index (χ0v) is 54.3. The highest BCUT2D eigenvalue weighted by Crippen LogP contribution is 2.15. The van der Waals surface area contributed by atoms with Gasteiger partial charge in [-0.1, -0.05) is 77.0 Å². The third kappa shape index (κ3) is 50.1. The number of rotatable bonds is 63. The Kier molecular flexibility index (Phi) is 50.0. The van der Waals surface area contributed by atoms with Crippen LogP contribution in [0, 0.1) is 0 Å².